The van der Waals surface area contributed by atoms with Crippen molar-refractivity contribution in [3.63, 3.8) is 0 Å². The minimum Gasteiger partial charge on any atom is -0.355 e. The maximum Gasteiger partial charge on any atom is 0.0723 e. The summed E-state index contributed by atoms with van der Waals surface area (Å²) < 4.78 is 13.3. The lowest BCUT2D eigenvalue weighted by molar-refractivity contribution is 0.679. The van der Waals surface area contributed by atoms with Crippen LogP contribution in [0.15, 0.2) is 223 Å². The van der Waals surface area contributed by atoms with Gasteiger partial charge in [0.1, 0.15) is 0 Å². The van der Waals surface area contributed by atoms with Crippen LogP contribution in [0.25, 0.3) is 28.1 Å². The minimum absolute atomic E-state index is 0.0152. The van der Waals surface area contributed by atoms with Gasteiger partial charge in [0.15, 0.2) is 0 Å². The van der Waals surface area contributed by atoms with E-state index in [1.54, 1.807) is 0 Å². The van der Waals surface area contributed by atoms with Crippen LogP contribution in [0.5, 0.6) is 0 Å². The maximum absolute atomic E-state index is 13.3. The molecule has 6 aromatic rings. The van der Waals surface area contributed by atoms with Crippen molar-refractivity contribution < 1.29 is 4.21 Å². The maximum atomic E-state index is 13.3. The molecule has 0 aromatic heterocycles. The van der Waals surface area contributed by atoms with E-state index in [0.717, 1.165) is 66.4 Å². The van der Waals surface area contributed by atoms with Crippen molar-refractivity contribution >= 4 is 45.4 Å². The first kappa shape index (κ1) is 37.0. The molecule has 4 nitrogen and oxygen atoms in total. The quantitative estimate of drug-likeness (QED) is 0.0965. The number of allylic oxidation sites excluding steroid dienone is 8. The van der Waals surface area contributed by atoms with E-state index in [1.165, 1.54) is 0 Å². The molecule has 6 aromatic carbocycles. The van der Waals surface area contributed by atoms with Crippen molar-refractivity contribution in [2.24, 2.45) is 4.99 Å². The molecule has 0 radical (unpaired) electrons. The van der Waals surface area contributed by atoms with Crippen molar-refractivity contribution in [2.75, 3.05) is 5.32 Å². The van der Waals surface area contributed by atoms with Crippen LogP contribution in [0.2, 0.25) is 0 Å². The van der Waals surface area contributed by atoms with Crippen LogP contribution in [0, 0.1) is 5.41 Å². The van der Waals surface area contributed by atoms with E-state index < -0.39 is 10.8 Å². The molecule has 0 spiro atoms. The standard InChI is InChI=1S/C52H41N3OS/c1-37(39-15-5-2-6-16-39)14-13-22-49(55-45-31-28-40(29-32-45)44-30-33-47-46-21-11-12-23-51(46)57(56)52(47)34-44)43-26-24-38(25-27-43)36-54-50(42-19-9-4-10-20-42)35-48(53)41-17-7-3-8-18-41/h2-36,46,51,53,55H,1H2/b14-13-,49-22-,50-35-,53-48?,54-36?. The summed E-state index contributed by atoms with van der Waals surface area (Å²) in [7, 11) is -1.07. The van der Waals surface area contributed by atoms with Crippen molar-refractivity contribution in [3.8, 4) is 11.1 Å². The largest absolute Gasteiger partial charge is 0.355 e. The van der Waals surface area contributed by atoms with E-state index in [9.17, 15) is 4.21 Å². The van der Waals surface area contributed by atoms with Crippen LogP contribution in [-0.2, 0) is 10.8 Å². The summed E-state index contributed by atoms with van der Waals surface area (Å²) in [6, 6.07) is 52.8. The lowest BCUT2D eigenvalue weighted by atomic mass is 9.91. The molecule has 276 valence electrons. The highest BCUT2D eigenvalue weighted by molar-refractivity contribution is 7.86. The predicted molar refractivity (Wildman–Crippen MR) is 241 cm³/mol. The lowest BCUT2D eigenvalue weighted by Crippen LogP contribution is -2.13. The Balaban J connectivity index is 1.04. The molecule has 1 aliphatic carbocycles. The molecule has 8 rings (SSSR count). The van der Waals surface area contributed by atoms with Gasteiger partial charge in [-0.05, 0) is 74.9 Å². The molecule has 0 amide bonds. The second-order valence-electron chi connectivity index (χ2n) is 13.9. The van der Waals surface area contributed by atoms with Gasteiger partial charge in [0.25, 0.3) is 0 Å². The van der Waals surface area contributed by atoms with Gasteiger partial charge in [-0.3, -0.25) is 9.20 Å². The smallest absolute Gasteiger partial charge is 0.0723 e. The molecule has 2 N–H and O–H groups in total. The highest BCUT2D eigenvalue weighted by Crippen LogP contribution is 2.42. The van der Waals surface area contributed by atoms with E-state index >= 15 is 0 Å². The fraction of sp³-hybridized carbons (Fsp3) is 0.0385. The number of rotatable bonds is 12. The summed E-state index contributed by atoms with van der Waals surface area (Å²) in [6.07, 6.45) is 18.0. The molecular weight excluding hydrogens is 715 g/mol. The molecule has 3 atom stereocenters. The number of hydrogen-bond donors (Lipinski definition) is 2. The first-order valence-corrected chi connectivity index (χ1v) is 20.2. The number of anilines is 1. The van der Waals surface area contributed by atoms with Gasteiger partial charge in [-0.1, -0.05) is 183 Å². The van der Waals surface area contributed by atoms with E-state index in [4.69, 9.17) is 10.4 Å². The first-order valence-electron chi connectivity index (χ1n) is 19.0. The molecule has 1 aliphatic heterocycles. The molecule has 57 heavy (non-hydrogen) atoms. The zero-order valence-electron chi connectivity index (χ0n) is 31.3. The van der Waals surface area contributed by atoms with Gasteiger partial charge in [-0.15, -0.1) is 0 Å². The van der Waals surface area contributed by atoms with Gasteiger partial charge in [-0.2, -0.15) is 0 Å². The van der Waals surface area contributed by atoms with Crippen molar-refractivity contribution in [1.82, 2.24) is 0 Å². The number of nitrogens with zero attached hydrogens (tertiary/aromatic N) is 1. The first-order chi connectivity index (χ1) is 28.0. The van der Waals surface area contributed by atoms with Gasteiger partial charge in [0, 0.05) is 34.0 Å². The molecule has 3 unspecified atom stereocenters. The number of fused-ring (bicyclic) bond motifs is 3. The third kappa shape index (κ3) is 8.65. The number of nitrogens with one attached hydrogen (secondary N) is 2. The fourth-order valence-electron chi connectivity index (χ4n) is 7.04. The second kappa shape index (κ2) is 17.2. The van der Waals surface area contributed by atoms with Gasteiger partial charge in [0.05, 0.1) is 27.5 Å². The molecule has 0 fully saturated rings. The van der Waals surface area contributed by atoms with Gasteiger partial charge in [0.2, 0.25) is 0 Å². The summed E-state index contributed by atoms with van der Waals surface area (Å²) in [5.41, 5.74) is 12.0. The Hall–Kier alpha value is -6.95. The Morgan fingerprint density at radius 2 is 1.32 bits per heavy atom. The molecule has 0 bridgehead atoms. The summed E-state index contributed by atoms with van der Waals surface area (Å²) in [4.78, 5) is 5.80. The third-order valence-electron chi connectivity index (χ3n) is 10.1. The topological polar surface area (TPSA) is 65.3 Å². The van der Waals surface area contributed by atoms with Crippen LogP contribution in [0.1, 0.15) is 39.3 Å². The number of benzene rings is 6. The van der Waals surface area contributed by atoms with Crippen LogP contribution in [-0.4, -0.2) is 21.4 Å². The Morgan fingerprint density at radius 3 is 2.02 bits per heavy atom. The average molecular weight is 756 g/mol. The average Bonchev–Trinajstić information content (AvgIpc) is 3.56. The SMILES string of the molecule is C=C(/C=C\C=C(/Nc1ccc(-c2ccc3c(c2)S(=O)C2C=CC=CC32)cc1)c1ccc(C=N/C(=C\C(=N)c2ccccc2)c2ccccc2)cc1)c1ccccc1. The van der Waals surface area contributed by atoms with Crippen LogP contribution < -0.4 is 5.32 Å². The minimum atomic E-state index is -1.07. The molecule has 0 saturated carbocycles. The van der Waals surface area contributed by atoms with Crippen LogP contribution in [0.4, 0.5) is 5.69 Å². The second-order valence-corrected chi connectivity index (χ2v) is 15.5. The zero-order valence-corrected chi connectivity index (χ0v) is 32.1. The highest BCUT2D eigenvalue weighted by Gasteiger charge is 2.36. The normalized spacial score (nSPS) is 17.4. The highest BCUT2D eigenvalue weighted by atomic mass is 32.2. The van der Waals surface area contributed by atoms with Crippen molar-refractivity contribution in [2.45, 2.75) is 16.1 Å². The van der Waals surface area contributed by atoms with Crippen LogP contribution >= 0.6 is 0 Å². The van der Waals surface area contributed by atoms with E-state index in [0.29, 0.717) is 11.4 Å². The molecule has 5 heteroatoms. The molecule has 2 aliphatic rings. The van der Waals surface area contributed by atoms with Crippen LogP contribution in [0.3, 0.4) is 0 Å². The zero-order chi connectivity index (χ0) is 39.0. The number of hydrogen-bond acceptors (Lipinski definition) is 4. The Morgan fingerprint density at radius 1 is 0.684 bits per heavy atom. The van der Waals surface area contributed by atoms with Gasteiger partial charge < -0.3 is 10.7 Å². The van der Waals surface area contributed by atoms with Gasteiger partial charge in [-0.25, -0.2) is 0 Å². The number of aliphatic imine (C=N–C) groups is 1. The van der Waals surface area contributed by atoms with E-state index in [-0.39, 0.29) is 11.2 Å². The monoisotopic (exact) mass is 755 g/mol. The van der Waals surface area contributed by atoms with Crippen molar-refractivity contribution in [1.29, 1.82) is 5.41 Å². The molecular formula is C52H41N3OS. The summed E-state index contributed by atoms with van der Waals surface area (Å²) >= 11 is 0. The Kier molecular flexibility index (Phi) is 11.2. The summed E-state index contributed by atoms with van der Waals surface area (Å²) in [6.45, 7) is 4.27. The molecule has 1 heterocycles. The third-order valence-corrected chi connectivity index (χ3v) is 11.9. The fourth-order valence-corrected chi connectivity index (χ4v) is 8.75. The Labute approximate surface area is 337 Å². The molecule has 0 saturated heterocycles. The van der Waals surface area contributed by atoms with Crippen molar-refractivity contribution in [3.05, 3.63) is 246 Å². The van der Waals surface area contributed by atoms with E-state index in [2.05, 4.69) is 115 Å². The lowest BCUT2D eigenvalue weighted by Gasteiger charge is -2.14. The van der Waals surface area contributed by atoms with E-state index in [1.807, 2.05) is 109 Å². The Bertz CT molecular complexity index is 2620. The van der Waals surface area contributed by atoms with Gasteiger partial charge >= 0.3 is 0 Å². The summed E-state index contributed by atoms with van der Waals surface area (Å²) in [5.74, 6) is 0.182. The predicted octanol–water partition coefficient (Wildman–Crippen LogP) is 12.3. The summed E-state index contributed by atoms with van der Waals surface area (Å²) in [5, 5.41) is 12.4.